The molecular weight excluding hydrogens is 276 g/mol. The van der Waals surface area contributed by atoms with Crippen molar-refractivity contribution in [3.8, 4) is 0 Å². The molecule has 4 N–H and O–H groups in total. The minimum Gasteiger partial charge on any atom is -0.478 e. The predicted molar refractivity (Wildman–Crippen MR) is 72.3 cm³/mol. The SMILES string of the molecule is NC(=O)C1CCN(C(=O)NCc2cc(C(=O)O)ccn2)C1. The summed E-state index contributed by atoms with van der Waals surface area (Å²) in [6.07, 6.45) is 1.94. The molecule has 1 unspecified atom stereocenters. The van der Waals surface area contributed by atoms with Crippen molar-refractivity contribution in [1.29, 1.82) is 0 Å². The lowest BCUT2D eigenvalue weighted by Crippen LogP contribution is -2.39. The quantitative estimate of drug-likeness (QED) is 0.708. The Hall–Kier alpha value is -2.64. The lowest BCUT2D eigenvalue weighted by molar-refractivity contribution is -0.121. The lowest BCUT2D eigenvalue weighted by Gasteiger charge is -2.16. The number of nitrogens with one attached hydrogen (secondary N) is 1. The molecule has 0 radical (unpaired) electrons. The molecule has 2 heterocycles. The van der Waals surface area contributed by atoms with Gasteiger partial charge in [0.05, 0.1) is 23.7 Å². The normalized spacial score (nSPS) is 17.5. The van der Waals surface area contributed by atoms with E-state index in [1.165, 1.54) is 23.2 Å². The van der Waals surface area contributed by atoms with Gasteiger partial charge < -0.3 is 21.1 Å². The Balaban J connectivity index is 1.88. The van der Waals surface area contributed by atoms with Gasteiger partial charge in [0.15, 0.2) is 0 Å². The van der Waals surface area contributed by atoms with Gasteiger partial charge in [0.1, 0.15) is 0 Å². The fourth-order valence-electron chi connectivity index (χ4n) is 2.16. The predicted octanol–water partition coefficient (Wildman–Crippen LogP) is -0.203. The van der Waals surface area contributed by atoms with Gasteiger partial charge in [0.25, 0.3) is 0 Å². The van der Waals surface area contributed by atoms with Gasteiger partial charge in [0, 0.05) is 19.3 Å². The number of hydrogen-bond donors (Lipinski definition) is 3. The number of aromatic carboxylic acids is 1. The van der Waals surface area contributed by atoms with Crippen LogP contribution in [0.25, 0.3) is 0 Å². The van der Waals surface area contributed by atoms with Crippen LogP contribution in [0.4, 0.5) is 4.79 Å². The van der Waals surface area contributed by atoms with E-state index in [4.69, 9.17) is 10.8 Å². The fourth-order valence-corrected chi connectivity index (χ4v) is 2.16. The van der Waals surface area contributed by atoms with E-state index in [1.54, 1.807) is 0 Å². The molecule has 1 aromatic rings. The van der Waals surface area contributed by atoms with Crippen LogP contribution in [-0.4, -0.2) is 46.0 Å². The standard InChI is InChI=1S/C13H16N4O4/c14-11(18)9-2-4-17(7-9)13(21)16-6-10-5-8(12(19)20)1-3-15-10/h1,3,5,9H,2,4,6-7H2,(H2,14,18)(H,16,21)(H,19,20). The number of carboxylic acid groups (broad SMARTS) is 1. The van der Waals surface area contributed by atoms with Gasteiger partial charge >= 0.3 is 12.0 Å². The minimum absolute atomic E-state index is 0.115. The van der Waals surface area contributed by atoms with Gasteiger partial charge in [-0.1, -0.05) is 0 Å². The highest BCUT2D eigenvalue weighted by molar-refractivity contribution is 5.87. The Labute approximate surface area is 120 Å². The molecule has 1 aliphatic rings. The number of hydrogen-bond acceptors (Lipinski definition) is 4. The first-order valence-electron chi connectivity index (χ1n) is 6.47. The van der Waals surface area contributed by atoms with E-state index in [0.717, 1.165) is 0 Å². The molecule has 0 aliphatic carbocycles. The van der Waals surface area contributed by atoms with Gasteiger partial charge in [0.2, 0.25) is 5.91 Å². The number of rotatable bonds is 4. The second-order valence-electron chi connectivity index (χ2n) is 4.83. The second kappa shape index (κ2) is 6.21. The second-order valence-corrected chi connectivity index (χ2v) is 4.83. The molecule has 0 saturated carbocycles. The number of amides is 3. The van der Waals surface area contributed by atoms with Crippen LogP contribution in [0.3, 0.4) is 0 Å². The summed E-state index contributed by atoms with van der Waals surface area (Å²) in [6, 6.07) is 2.46. The van der Waals surface area contributed by atoms with Crippen molar-refractivity contribution >= 4 is 17.9 Å². The van der Waals surface area contributed by atoms with Gasteiger partial charge in [-0.05, 0) is 18.6 Å². The number of pyridine rings is 1. The van der Waals surface area contributed by atoms with Crippen LogP contribution in [-0.2, 0) is 11.3 Å². The average molecular weight is 292 g/mol. The monoisotopic (exact) mass is 292 g/mol. The summed E-state index contributed by atoms with van der Waals surface area (Å²) in [5.74, 6) is -1.75. The molecule has 21 heavy (non-hydrogen) atoms. The molecule has 3 amide bonds. The number of nitrogens with zero attached hydrogens (tertiary/aromatic N) is 2. The molecule has 8 nitrogen and oxygen atoms in total. The summed E-state index contributed by atoms with van der Waals surface area (Å²) in [4.78, 5) is 39.3. The molecule has 1 aromatic heterocycles. The third-order valence-electron chi connectivity index (χ3n) is 3.36. The zero-order valence-electron chi connectivity index (χ0n) is 11.3. The van der Waals surface area contributed by atoms with E-state index in [0.29, 0.717) is 25.2 Å². The van der Waals surface area contributed by atoms with Crippen molar-refractivity contribution in [3.05, 3.63) is 29.6 Å². The van der Waals surface area contributed by atoms with Crippen molar-refractivity contribution in [2.45, 2.75) is 13.0 Å². The van der Waals surface area contributed by atoms with Gasteiger partial charge in [-0.15, -0.1) is 0 Å². The Morgan fingerprint density at radius 3 is 2.86 bits per heavy atom. The van der Waals surface area contributed by atoms with Crippen molar-refractivity contribution in [2.24, 2.45) is 11.7 Å². The molecule has 0 bridgehead atoms. The number of carbonyl (C=O) groups is 3. The highest BCUT2D eigenvalue weighted by Gasteiger charge is 2.29. The van der Waals surface area contributed by atoms with Crippen molar-refractivity contribution in [3.63, 3.8) is 0 Å². The van der Waals surface area contributed by atoms with Crippen molar-refractivity contribution < 1.29 is 19.5 Å². The zero-order valence-corrected chi connectivity index (χ0v) is 11.3. The third kappa shape index (κ3) is 3.68. The summed E-state index contributed by atoms with van der Waals surface area (Å²) in [5, 5.41) is 11.5. The molecule has 1 aliphatic heterocycles. The van der Waals surface area contributed by atoms with Crippen LogP contribution < -0.4 is 11.1 Å². The molecule has 1 fully saturated rings. The van der Waals surface area contributed by atoms with Crippen LogP contribution in [0, 0.1) is 5.92 Å². The van der Waals surface area contributed by atoms with Crippen molar-refractivity contribution in [2.75, 3.05) is 13.1 Å². The minimum atomic E-state index is -1.05. The molecule has 0 spiro atoms. The molecular formula is C13H16N4O4. The van der Waals surface area contributed by atoms with Crippen molar-refractivity contribution in [1.82, 2.24) is 15.2 Å². The first-order valence-corrected chi connectivity index (χ1v) is 6.47. The maximum absolute atomic E-state index is 11.9. The number of likely N-dealkylation sites (tertiary alicyclic amines) is 1. The largest absolute Gasteiger partial charge is 0.478 e. The first kappa shape index (κ1) is 14.8. The average Bonchev–Trinajstić information content (AvgIpc) is 2.95. The first-order chi connectivity index (χ1) is 9.97. The van der Waals surface area contributed by atoms with Crippen LogP contribution in [0.5, 0.6) is 0 Å². The van der Waals surface area contributed by atoms with Crippen LogP contribution in [0.15, 0.2) is 18.3 Å². The van der Waals surface area contributed by atoms with Gasteiger partial charge in [-0.2, -0.15) is 0 Å². The van der Waals surface area contributed by atoms with E-state index in [2.05, 4.69) is 10.3 Å². The van der Waals surface area contributed by atoms with Crippen LogP contribution in [0.1, 0.15) is 22.5 Å². The molecule has 112 valence electrons. The Bertz CT molecular complexity index is 575. The number of carbonyl (C=O) groups excluding carboxylic acids is 2. The summed E-state index contributed by atoms with van der Waals surface area (Å²) >= 11 is 0. The zero-order chi connectivity index (χ0) is 15.4. The molecule has 2 rings (SSSR count). The molecule has 1 saturated heterocycles. The summed E-state index contributed by atoms with van der Waals surface area (Å²) < 4.78 is 0. The maximum atomic E-state index is 11.9. The highest BCUT2D eigenvalue weighted by Crippen LogP contribution is 2.15. The number of urea groups is 1. The lowest BCUT2D eigenvalue weighted by atomic mass is 10.1. The number of carboxylic acids is 1. The maximum Gasteiger partial charge on any atom is 0.335 e. The Morgan fingerprint density at radius 1 is 1.48 bits per heavy atom. The summed E-state index contributed by atoms with van der Waals surface area (Å²) in [6.45, 7) is 0.906. The molecule has 8 heteroatoms. The smallest absolute Gasteiger partial charge is 0.335 e. The number of primary amides is 1. The number of nitrogens with two attached hydrogens (primary N) is 1. The topological polar surface area (TPSA) is 126 Å². The summed E-state index contributed by atoms with van der Waals surface area (Å²) in [7, 11) is 0. The Kier molecular flexibility index (Phi) is 4.36. The number of aromatic nitrogens is 1. The van der Waals surface area contributed by atoms with Gasteiger partial charge in [-0.25, -0.2) is 9.59 Å². The van der Waals surface area contributed by atoms with E-state index in [9.17, 15) is 14.4 Å². The van der Waals surface area contributed by atoms with Gasteiger partial charge in [-0.3, -0.25) is 9.78 Å². The third-order valence-corrected chi connectivity index (χ3v) is 3.36. The van der Waals surface area contributed by atoms with E-state index >= 15 is 0 Å². The fraction of sp³-hybridized carbons (Fsp3) is 0.385. The van der Waals surface area contributed by atoms with E-state index in [-0.39, 0.29) is 24.1 Å². The van der Waals surface area contributed by atoms with E-state index < -0.39 is 11.9 Å². The van der Waals surface area contributed by atoms with Crippen LogP contribution >= 0.6 is 0 Å². The summed E-state index contributed by atoms with van der Waals surface area (Å²) in [5.41, 5.74) is 5.77. The highest BCUT2D eigenvalue weighted by atomic mass is 16.4. The van der Waals surface area contributed by atoms with E-state index in [1.807, 2.05) is 0 Å². The molecule has 0 aromatic carbocycles. The molecule has 1 atom stereocenters. The Morgan fingerprint density at radius 2 is 2.24 bits per heavy atom. The van der Waals surface area contributed by atoms with Crippen LogP contribution in [0.2, 0.25) is 0 Å².